The number of morpholine rings is 1. The molecule has 0 saturated carbocycles. The number of hydrogen-bond donors (Lipinski definition) is 1. The van der Waals surface area contributed by atoms with Crippen LogP contribution in [0.1, 0.15) is 20.1 Å². The Hall–Kier alpha value is -1.44. The molecule has 1 N–H and O–H groups in total. The largest absolute Gasteiger partial charge is 0.479 e. The van der Waals surface area contributed by atoms with Crippen molar-refractivity contribution in [3.63, 3.8) is 0 Å². The van der Waals surface area contributed by atoms with E-state index in [9.17, 15) is 9.59 Å². The van der Waals surface area contributed by atoms with E-state index in [0.29, 0.717) is 24.6 Å². The molecular weight excluding hydrogens is 282 g/mol. The molecule has 3 heterocycles. The Kier molecular flexibility index (Phi) is 3.73. The number of hydrogen-bond acceptors (Lipinski definition) is 5. The van der Waals surface area contributed by atoms with Crippen molar-refractivity contribution in [2.45, 2.75) is 19.1 Å². The number of carbonyl (C=O) groups is 2. The normalized spacial score (nSPS) is 22.4. The molecule has 1 amide bonds. The number of carbonyl (C=O) groups excluding carboxylic acids is 1. The third-order valence-electron chi connectivity index (χ3n) is 3.47. The third kappa shape index (κ3) is 2.56. The lowest BCUT2D eigenvalue weighted by Crippen LogP contribution is -2.48. The second-order valence-electron chi connectivity index (χ2n) is 4.81. The van der Waals surface area contributed by atoms with E-state index in [1.807, 2.05) is 6.07 Å². The molecule has 0 aromatic carbocycles. The molecule has 1 saturated heterocycles. The van der Waals surface area contributed by atoms with Gasteiger partial charge in [0.2, 0.25) is 0 Å². The van der Waals surface area contributed by atoms with Crippen LogP contribution in [0.25, 0.3) is 0 Å². The van der Waals surface area contributed by atoms with E-state index >= 15 is 0 Å². The molecule has 20 heavy (non-hydrogen) atoms. The van der Waals surface area contributed by atoms with Crippen LogP contribution in [0.15, 0.2) is 6.07 Å². The summed E-state index contributed by atoms with van der Waals surface area (Å²) in [6.07, 6.45) is -0.0839. The van der Waals surface area contributed by atoms with Gasteiger partial charge >= 0.3 is 5.97 Å². The summed E-state index contributed by atoms with van der Waals surface area (Å²) < 4.78 is 10.5. The van der Waals surface area contributed by atoms with Crippen molar-refractivity contribution >= 4 is 23.2 Å². The number of nitrogens with zero attached hydrogens (tertiary/aromatic N) is 1. The van der Waals surface area contributed by atoms with Gasteiger partial charge in [-0.15, -0.1) is 11.3 Å². The van der Waals surface area contributed by atoms with E-state index in [-0.39, 0.29) is 19.1 Å². The smallest absolute Gasteiger partial charge is 0.334 e. The number of rotatable bonds is 2. The summed E-state index contributed by atoms with van der Waals surface area (Å²) in [5.74, 6) is -1.14. The second-order valence-corrected chi connectivity index (χ2v) is 5.95. The van der Waals surface area contributed by atoms with Crippen molar-refractivity contribution in [2.24, 2.45) is 0 Å². The van der Waals surface area contributed by atoms with Gasteiger partial charge in [0.1, 0.15) is 0 Å². The fourth-order valence-electron chi connectivity index (χ4n) is 2.39. The number of carboxylic acids is 1. The molecule has 2 aliphatic rings. The van der Waals surface area contributed by atoms with E-state index in [1.165, 1.54) is 16.2 Å². The van der Waals surface area contributed by atoms with E-state index in [2.05, 4.69) is 0 Å². The van der Waals surface area contributed by atoms with Crippen LogP contribution in [-0.2, 0) is 27.3 Å². The predicted molar refractivity (Wildman–Crippen MR) is 71.0 cm³/mol. The Morgan fingerprint density at radius 3 is 3.00 bits per heavy atom. The highest BCUT2D eigenvalue weighted by molar-refractivity contribution is 7.14. The number of carboxylic acid groups (broad SMARTS) is 1. The Bertz CT molecular complexity index is 517. The van der Waals surface area contributed by atoms with Gasteiger partial charge in [0.05, 0.1) is 31.2 Å². The van der Waals surface area contributed by atoms with Crippen molar-refractivity contribution in [2.75, 3.05) is 26.3 Å². The topological polar surface area (TPSA) is 76.1 Å². The molecular formula is C13H15NO5S. The van der Waals surface area contributed by atoms with Gasteiger partial charge in [0.25, 0.3) is 5.91 Å². The maximum absolute atomic E-state index is 12.4. The maximum atomic E-state index is 12.4. The van der Waals surface area contributed by atoms with Gasteiger partial charge in [0, 0.05) is 17.8 Å². The second kappa shape index (κ2) is 5.51. The summed E-state index contributed by atoms with van der Waals surface area (Å²) in [5, 5.41) is 8.96. The minimum atomic E-state index is -1.03. The minimum absolute atomic E-state index is 0.104. The first-order valence-corrected chi connectivity index (χ1v) is 7.30. The minimum Gasteiger partial charge on any atom is -0.479 e. The zero-order chi connectivity index (χ0) is 14.1. The molecule has 0 radical (unpaired) electrons. The molecule has 6 nitrogen and oxygen atoms in total. The highest BCUT2D eigenvalue weighted by Crippen LogP contribution is 2.28. The number of amides is 1. The van der Waals surface area contributed by atoms with Crippen molar-refractivity contribution in [1.82, 2.24) is 4.90 Å². The monoisotopic (exact) mass is 297 g/mol. The van der Waals surface area contributed by atoms with Crippen molar-refractivity contribution in [3.8, 4) is 0 Å². The summed E-state index contributed by atoms with van der Waals surface area (Å²) in [5.41, 5.74) is 1.08. The van der Waals surface area contributed by atoms with E-state index in [4.69, 9.17) is 14.6 Å². The standard InChI is InChI=1S/C13H15NO5S/c15-12(14-2-4-19-9(6-14)13(16)17)11-5-8-7-18-3-1-10(8)20-11/h5,9H,1-4,6-7H2,(H,16,17). The molecule has 1 aromatic rings. The lowest BCUT2D eigenvalue weighted by Gasteiger charge is -2.30. The molecule has 2 aliphatic heterocycles. The summed E-state index contributed by atoms with van der Waals surface area (Å²) in [4.78, 5) is 26.8. The summed E-state index contributed by atoms with van der Waals surface area (Å²) >= 11 is 1.49. The number of aliphatic carboxylic acids is 1. The van der Waals surface area contributed by atoms with Crippen molar-refractivity contribution in [1.29, 1.82) is 0 Å². The molecule has 108 valence electrons. The summed E-state index contributed by atoms with van der Waals surface area (Å²) in [6, 6.07) is 1.87. The molecule has 1 unspecified atom stereocenters. The number of fused-ring (bicyclic) bond motifs is 1. The van der Waals surface area contributed by atoms with Gasteiger partial charge in [-0.05, 0) is 11.6 Å². The Morgan fingerprint density at radius 1 is 1.40 bits per heavy atom. The van der Waals surface area contributed by atoms with Crippen LogP contribution in [-0.4, -0.2) is 54.3 Å². The van der Waals surface area contributed by atoms with Crippen LogP contribution in [0.3, 0.4) is 0 Å². The maximum Gasteiger partial charge on any atom is 0.334 e. The fourth-order valence-corrected chi connectivity index (χ4v) is 3.51. The van der Waals surface area contributed by atoms with E-state index < -0.39 is 12.1 Å². The Labute approximate surface area is 119 Å². The number of ether oxygens (including phenoxy) is 2. The first-order valence-electron chi connectivity index (χ1n) is 6.48. The lowest BCUT2D eigenvalue weighted by molar-refractivity contribution is -0.154. The third-order valence-corrected chi connectivity index (χ3v) is 4.69. The SMILES string of the molecule is O=C(O)C1CN(C(=O)c2cc3c(s2)CCOC3)CCO1. The highest BCUT2D eigenvalue weighted by atomic mass is 32.1. The van der Waals surface area contributed by atoms with Gasteiger partial charge in [-0.25, -0.2) is 4.79 Å². The quantitative estimate of drug-likeness (QED) is 0.871. The van der Waals surface area contributed by atoms with Crippen LogP contribution in [0.4, 0.5) is 0 Å². The molecule has 7 heteroatoms. The van der Waals surface area contributed by atoms with Gasteiger partial charge in [-0.2, -0.15) is 0 Å². The highest BCUT2D eigenvalue weighted by Gasteiger charge is 2.30. The van der Waals surface area contributed by atoms with Gasteiger partial charge in [-0.1, -0.05) is 0 Å². The predicted octanol–water partition coefficient (Wildman–Crippen LogP) is 0.746. The fraction of sp³-hybridized carbons (Fsp3) is 0.538. The van der Waals surface area contributed by atoms with Crippen molar-refractivity contribution in [3.05, 3.63) is 21.4 Å². The van der Waals surface area contributed by atoms with Crippen LogP contribution >= 0.6 is 11.3 Å². The van der Waals surface area contributed by atoms with Gasteiger partial charge < -0.3 is 19.5 Å². The molecule has 1 atom stereocenters. The lowest BCUT2D eigenvalue weighted by atomic mass is 10.2. The molecule has 3 rings (SSSR count). The first kappa shape index (κ1) is 13.5. The Balaban J connectivity index is 1.75. The molecule has 1 fully saturated rings. The summed E-state index contributed by atoms with van der Waals surface area (Å²) in [6.45, 7) is 2.05. The zero-order valence-corrected chi connectivity index (χ0v) is 11.6. The number of thiophene rings is 1. The van der Waals surface area contributed by atoms with Crippen LogP contribution in [0, 0.1) is 0 Å². The van der Waals surface area contributed by atoms with E-state index in [0.717, 1.165) is 12.0 Å². The average molecular weight is 297 g/mol. The van der Waals surface area contributed by atoms with Crippen LogP contribution < -0.4 is 0 Å². The van der Waals surface area contributed by atoms with Gasteiger partial charge in [-0.3, -0.25) is 4.79 Å². The molecule has 0 aliphatic carbocycles. The van der Waals surface area contributed by atoms with Crippen LogP contribution in [0.2, 0.25) is 0 Å². The average Bonchev–Trinajstić information content (AvgIpc) is 2.90. The molecule has 1 aromatic heterocycles. The molecule has 0 spiro atoms. The summed E-state index contributed by atoms with van der Waals surface area (Å²) in [7, 11) is 0. The van der Waals surface area contributed by atoms with Gasteiger partial charge in [0.15, 0.2) is 6.10 Å². The van der Waals surface area contributed by atoms with Crippen LogP contribution in [0.5, 0.6) is 0 Å². The molecule has 0 bridgehead atoms. The Morgan fingerprint density at radius 2 is 2.25 bits per heavy atom. The van der Waals surface area contributed by atoms with Crippen molar-refractivity contribution < 1.29 is 24.2 Å². The zero-order valence-electron chi connectivity index (χ0n) is 10.8. The van der Waals surface area contributed by atoms with E-state index in [1.54, 1.807) is 4.90 Å². The first-order chi connectivity index (χ1) is 9.65.